The number of benzene rings is 2. The van der Waals surface area contributed by atoms with Gasteiger partial charge in [-0.25, -0.2) is 9.97 Å². The van der Waals surface area contributed by atoms with Crippen LogP contribution in [0.15, 0.2) is 71.2 Å². The zero-order valence-corrected chi connectivity index (χ0v) is 16.2. The summed E-state index contributed by atoms with van der Waals surface area (Å²) in [6.07, 6.45) is 5.55. The van der Waals surface area contributed by atoms with Gasteiger partial charge in [-0.15, -0.1) is 0 Å². The topological polar surface area (TPSA) is 118 Å². The Balaban J connectivity index is 1.50. The van der Waals surface area contributed by atoms with Crippen LogP contribution in [0.1, 0.15) is 25.7 Å². The van der Waals surface area contributed by atoms with Gasteiger partial charge in [-0.1, -0.05) is 31.0 Å². The molecule has 1 aromatic heterocycles. The normalized spacial score (nSPS) is 14.1. The van der Waals surface area contributed by atoms with Gasteiger partial charge in [0, 0.05) is 11.7 Å². The number of nitrogens with one attached hydrogen (secondary N) is 2. The van der Waals surface area contributed by atoms with Gasteiger partial charge in [-0.2, -0.15) is 10.2 Å². The highest BCUT2D eigenvalue weighted by Gasteiger charge is 2.26. The van der Waals surface area contributed by atoms with E-state index in [9.17, 15) is 10.1 Å². The molecule has 1 heterocycles. The van der Waals surface area contributed by atoms with E-state index in [-0.39, 0.29) is 23.4 Å². The fourth-order valence-electron chi connectivity index (χ4n) is 3.37. The molecule has 9 heteroatoms. The van der Waals surface area contributed by atoms with E-state index in [0.29, 0.717) is 11.4 Å². The van der Waals surface area contributed by atoms with E-state index >= 15 is 0 Å². The van der Waals surface area contributed by atoms with Gasteiger partial charge in [0.25, 0.3) is 0 Å². The number of hydrogen-bond acceptors (Lipinski definition) is 8. The maximum Gasteiger partial charge on any atom is 0.353 e. The summed E-state index contributed by atoms with van der Waals surface area (Å²) < 4.78 is 0. The summed E-state index contributed by atoms with van der Waals surface area (Å²) in [5.41, 5.74) is 1.93. The van der Waals surface area contributed by atoms with Crippen molar-refractivity contribution in [3.05, 3.63) is 71.0 Å². The van der Waals surface area contributed by atoms with Crippen LogP contribution in [-0.4, -0.2) is 20.9 Å². The van der Waals surface area contributed by atoms with E-state index in [0.717, 1.165) is 31.4 Å². The summed E-state index contributed by atoms with van der Waals surface area (Å²) in [6.45, 7) is 0. The third-order valence-corrected chi connectivity index (χ3v) is 4.87. The minimum atomic E-state index is -0.456. The summed E-state index contributed by atoms with van der Waals surface area (Å²) in [5, 5.41) is 26.3. The van der Waals surface area contributed by atoms with E-state index in [1.54, 1.807) is 24.3 Å². The molecule has 3 aromatic rings. The van der Waals surface area contributed by atoms with Crippen molar-refractivity contribution >= 4 is 34.4 Å². The maximum atomic E-state index is 11.7. The van der Waals surface area contributed by atoms with Crippen LogP contribution in [0.3, 0.4) is 0 Å². The van der Waals surface area contributed by atoms with E-state index in [1.165, 1.54) is 6.33 Å². The second-order valence-electron chi connectivity index (χ2n) is 7.01. The molecule has 2 aromatic carbocycles. The lowest BCUT2D eigenvalue weighted by Gasteiger charge is -2.14. The first-order valence-electron chi connectivity index (χ1n) is 9.79. The number of hydrogen-bond donors (Lipinski definition) is 2. The molecular formula is C21H21N7O2. The third-order valence-electron chi connectivity index (χ3n) is 4.87. The van der Waals surface area contributed by atoms with Crippen LogP contribution in [-0.2, 0) is 0 Å². The second-order valence-corrected chi connectivity index (χ2v) is 7.01. The molecule has 0 unspecified atom stereocenters. The van der Waals surface area contributed by atoms with Crippen molar-refractivity contribution in [2.75, 3.05) is 10.6 Å². The molecule has 1 saturated carbocycles. The van der Waals surface area contributed by atoms with Gasteiger partial charge in [-0.3, -0.25) is 10.1 Å². The predicted molar refractivity (Wildman–Crippen MR) is 115 cm³/mol. The Kier molecular flexibility index (Phi) is 5.88. The first-order valence-corrected chi connectivity index (χ1v) is 9.79. The molecule has 1 fully saturated rings. The molecule has 1 aliphatic rings. The van der Waals surface area contributed by atoms with Gasteiger partial charge >= 0.3 is 5.69 Å². The largest absolute Gasteiger partial charge is 0.361 e. The minimum absolute atomic E-state index is 0.147. The molecule has 152 valence electrons. The summed E-state index contributed by atoms with van der Waals surface area (Å²) in [4.78, 5) is 19.4. The standard InChI is InChI=1S/C21H21N7O2/c29-28(30)19-20(24-15-6-4-5-7-15)22-14-23-21(19)25-16-10-12-18(13-11-16)27-26-17-8-2-1-3-9-17/h1-3,8-15H,4-7H2,(H2,22,23,24,25). The molecule has 30 heavy (non-hydrogen) atoms. The van der Waals surface area contributed by atoms with Crippen LogP contribution < -0.4 is 10.6 Å². The van der Waals surface area contributed by atoms with Crippen molar-refractivity contribution in [3.8, 4) is 0 Å². The molecule has 0 aliphatic heterocycles. The quantitative estimate of drug-likeness (QED) is 0.288. The Morgan fingerprint density at radius 2 is 1.53 bits per heavy atom. The van der Waals surface area contributed by atoms with Crippen LogP contribution in [0.2, 0.25) is 0 Å². The van der Waals surface area contributed by atoms with Crippen molar-refractivity contribution in [2.24, 2.45) is 10.2 Å². The molecule has 0 spiro atoms. The van der Waals surface area contributed by atoms with Gasteiger partial charge < -0.3 is 10.6 Å². The van der Waals surface area contributed by atoms with E-state index in [2.05, 4.69) is 30.8 Å². The number of azo groups is 1. The van der Waals surface area contributed by atoms with Crippen LogP contribution in [0.4, 0.5) is 34.4 Å². The zero-order chi connectivity index (χ0) is 20.8. The first kappa shape index (κ1) is 19.4. The molecule has 2 N–H and O–H groups in total. The molecule has 1 aliphatic carbocycles. The summed E-state index contributed by atoms with van der Waals surface area (Å²) in [7, 11) is 0. The van der Waals surface area contributed by atoms with Crippen molar-refractivity contribution < 1.29 is 4.92 Å². The summed E-state index contributed by atoms with van der Waals surface area (Å²) >= 11 is 0. The number of anilines is 3. The average molecular weight is 403 g/mol. The van der Waals surface area contributed by atoms with E-state index < -0.39 is 4.92 Å². The monoisotopic (exact) mass is 403 g/mol. The highest BCUT2D eigenvalue weighted by Crippen LogP contribution is 2.33. The summed E-state index contributed by atoms with van der Waals surface area (Å²) in [5.74, 6) is 0.395. The van der Waals surface area contributed by atoms with Crippen molar-refractivity contribution in [3.63, 3.8) is 0 Å². The maximum absolute atomic E-state index is 11.7. The lowest BCUT2D eigenvalue weighted by Crippen LogP contribution is -2.17. The average Bonchev–Trinajstić information content (AvgIpc) is 3.27. The number of rotatable bonds is 7. The van der Waals surface area contributed by atoms with Crippen LogP contribution in [0.25, 0.3) is 0 Å². The highest BCUT2D eigenvalue weighted by molar-refractivity contribution is 5.74. The van der Waals surface area contributed by atoms with Gasteiger partial charge in [0.15, 0.2) is 0 Å². The van der Waals surface area contributed by atoms with Crippen LogP contribution >= 0.6 is 0 Å². The molecule has 0 radical (unpaired) electrons. The van der Waals surface area contributed by atoms with Gasteiger partial charge in [0.05, 0.1) is 16.3 Å². The first-order chi connectivity index (χ1) is 14.7. The molecule has 0 saturated heterocycles. The van der Waals surface area contributed by atoms with Crippen molar-refractivity contribution in [1.29, 1.82) is 0 Å². The SMILES string of the molecule is O=[N+]([O-])c1c(Nc2ccc(N=Nc3ccccc3)cc2)ncnc1NC1CCCC1. The Labute approximate surface area is 173 Å². The zero-order valence-electron chi connectivity index (χ0n) is 16.2. The molecule has 4 rings (SSSR count). The summed E-state index contributed by atoms with van der Waals surface area (Å²) in [6, 6.07) is 16.7. The molecule has 0 amide bonds. The van der Waals surface area contributed by atoms with Crippen molar-refractivity contribution in [2.45, 2.75) is 31.7 Å². The fraction of sp³-hybridized carbons (Fsp3) is 0.238. The Hall–Kier alpha value is -3.88. The molecular weight excluding hydrogens is 382 g/mol. The van der Waals surface area contributed by atoms with E-state index in [4.69, 9.17) is 0 Å². The Morgan fingerprint density at radius 1 is 0.900 bits per heavy atom. The fourth-order valence-corrected chi connectivity index (χ4v) is 3.37. The molecule has 9 nitrogen and oxygen atoms in total. The highest BCUT2D eigenvalue weighted by atomic mass is 16.6. The molecule has 0 atom stereocenters. The second kappa shape index (κ2) is 9.08. The van der Waals surface area contributed by atoms with Crippen LogP contribution in [0.5, 0.6) is 0 Å². The Bertz CT molecular complexity index is 1030. The predicted octanol–water partition coefficient (Wildman–Crippen LogP) is 5.90. The van der Waals surface area contributed by atoms with Gasteiger partial charge in [0.2, 0.25) is 11.6 Å². The lowest BCUT2D eigenvalue weighted by molar-refractivity contribution is -0.383. The minimum Gasteiger partial charge on any atom is -0.361 e. The number of nitrogens with zero attached hydrogens (tertiary/aromatic N) is 5. The number of aromatic nitrogens is 2. The van der Waals surface area contributed by atoms with Gasteiger partial charge in [-0.05, 0) is 49.2 Å². The lowest BCUT2D eigenvalue weighted by atomic mass is 10.2. The Morgan fingerprint density at radius 3 is 2.20 bits per heavy atom. The number of nitro groups is 1. The van der Waals surface area contributed by atoms with Crippen LogP contribution in [0, 0.1) is 10.1 Å². The smallest absolute Gasteiger partial charge is 0.353 e. The van der Waals surface area contributed by atoms with Gasteiger partial charge in [0.1, 0.15) is 6.33 Å². The third kappa shape index (κ3) is 4.75. The molecule has 0 bridgehead atoms. The van der Waals surface area contributed by atoms with E-state index in [1.807, 2.05) is 30.3 Å². The van der Waals surface area contributed by atoms with Crippen molar-refractivity contribution in [1.82, 2.24) is 9.97 Å².